The molecule has 6 nitrogen and oxygen atoms in total. The van der Waals surface area contributed by atoms with Gasteiger partial charge in [-0.05, 0) is 116 Å². The predicted octanol–water partition coefficient (Wildman–Crippen LogP) is 24.6. The van der Waals surface area contributed by atoms with E-state index in [1.54, 1.807) is 0 Å². The van der Waals surface area contributed by atoms with Crippen molar-refractivity contribution in [2.45, 2.75) is 367 Å². The molecule has 0 spiro atoms. The largest absolute Gasteiger partial charge is 0.462 e. The van der Waals surface area contributed by atoms with Crippen LogP contribution in [0.2, 0.25) is 0 Å². The van der Waals surface area contributed by atoms with Crippen molar-refractivity contribution in [3.63, 3.8) is 0 Å². The predicted molar refractivity (Wildman–Crippen MR) is 358 cm³/mol. The average molecular weight is 1140 g/mol. The van der Waals surface area contributed by atoms with Crippen molar-refractivity contribution in [3.8, 4) is 0 Å². The molecule has 0 bridgehead atoms. The van der Waals surface area contributed by atoms with Gasteiger partial charge in [0, 0.05) is 19.3 Å². The second-order valence-electron chi connectivity index (χ2n) is 23.8. The molecule has 0 saturated heterocycles. The molecule has 0 aliphatic carbocycles. The summed E-state index contributed by atoms with van der Waals surface area (Å²) in [6.45, 7) is 6.52. The molecule has 0 fully saturated rings. The standard InChI is InChI=1S/C76H134O6/c1-4-7-10-13-16-19-22-25-28-30-31-32-33-34-35-36-37-38-39-40-41-42-43-44-45-47-48-51-54-57-60-63-66-69-75(78)81-72-73(71-80-74(77)68-65-62-59-56-53-50-27-24-21-18-15-12-9-6-3)82-76(79)70-67-64-61-58-55-52-49-46-29-26-23-20-17-14-11-8-5-2/h7,10,16-17,19-20,24-29,31-32,73H,4-6,8-9,11-15,18,21-23,30,33-72H2,1-3H3/b10-7-,19-16-,20-17-,27-24-,28-25-,29-26-,32-31-. The first-order valence-corrected chi connectivity index (χ1v) is 35.6. The summed E-state index contributed by atoms with van der Waals surface area (Å²) in [7, 11) is 0. The van der Waals surface area contributed by atoms with Crippen LogP contribution in [0.3, 0.4) is 0 Å². The van der Waals surface area contributed by atoms with Crippen LogP contribution in [0.1, 0.15) is 361 Å². The monoisotopic (exact) mass is 1140 g/mol. The first-order chi connectivity index (χ1) is 40.5. The molecule has 0 saturated carbocycles. The number of carbonyl (C=O) groups is 3. The molecule has 474 valence electrons. The lowest BCUT2D eigenvalue weighted by atomic mass is 10.0. The maximum absolute atomic E-state index is 12.9. The minimum Gasteiger partial charge on any atom is -0.462 e. The molecule has 0 N–H and O–H groups in total. The van der Waals surface area contributed by atoms with Gasteiger partial charge in [-0.2, -0.15) is 0 Å². The molecule has 0 amide bonds. The smallest absolute Gasteiger partial charge is 0.306 e. The first-order valence-electron chi connectivity index (χ1n) is 35.6. The van der Waals surface area contributed by atoms with Crippen LogP contribution in [0.25, 0.3) is 0 Å². The van der Waals surface area contributed by atoms with E-state index in [2.05, 4.69) is 106 Å². The van der Waals surface area contributed by atoms with E-state index in [9.17, 15) is 14.4 Å². The van der Waals surface area contributed by atoms with E-state index in [1.807, 2.05) is 0 Å². The number of hydrogen-bond acceptors (Lipinski definition) is 6. The second-order valence-corrected chi connectivity index (χ2v) is 23.8. The highest BCUT2D eigenvalue weighted by atomic mass is 16.6. The zero-order valence-corrected chi connectivity index (χ0v) is 54.5. The van der Waals surface area contributed by atoms with E-state index in [0.717, 1.165) is 103 Å². The fraction of sp³-hybridized carbons (Fsp3) is 0.776. The number of ether oxygens (including phenoxy) is 3. The van der Waals surface area contributed by atoms with Crippen LogP contribution < -0.4 is 0 Å². The number of carbonyl (C=O) groups excluding carboxylic acids is 3. The van der Waals surface area contributed by atoms with Crippen molar-refractivity contribution in [1.29, 1.82) is 0 Å². The number of unbranched alkanes of at least 4 members (excludes halogenated alkanes) is 40. The number of allylic oxidation sites excluding steroid dienone is 14. The molecular weight excluding hydrogens is 1010 g/mol. The zero-order chi connectivity index (χ0) is 59.2. The summed E-state index contributed by atoms with van der Waals surface area (Å²) in [4.78, 5) is 38.4. The highest BCUT2D eigenvalue weighted by Crippen LogP contribution is 2.18. The van der Waals surface area contributed by atoms with Gasteiger partial charge in [-0.15, -0.1) is 0 Å². The summed E-state index contributed by atoms with van der Waals surface area (Å²) < 4.78 is 17.0. The number of esters is 3. The van der Waals surface area contributed by atoms with Gasteiger partial charge in [0.15, 0.2) is 6.10 Å². The third kappa shape index (κ3) is 67.4. The molecule has 0 aromatic rings. The van der Waals surface area contributed by atoms with Crippen molar-refractivity contribution in [2.75, 3.05) is 13.2 Å². The molecule has 1 unspecified atom stereocenters. The Morgan fingerprint density at radius 1 is 0.256 bits per heavy atom. The lowest BCUT2D eigenvalue weighted by molar-refractivity contribution is -0.167. The van der Waals surface area contributed by atoms with Gasteiger partial charge in [0.25, 0.3) is 0 Å². The van der Waals surface area contributed by atoms with Crippen molar-refractivity contribution >= 4 is 17.9 Å². The number of rotatable bonds is 65. The molecule has 0 aliphatic rings. The fourth-order valence-corrected chi connectivity index (χ4v) is 10.3. The van der Waals surface area contributed by atoms with Crippen LogP contribution in [-0.2, 0) is 28.6 Å². The normalized spacial score (nSPS) is 12.6. The topological polar surface area (TPSA) is 78.9 Å². The van der Waals surface area contributed by atoms with Crippen molar-refractivity contribution in [2.24, 2.45) is 0 Å². The van der Waals surface area contributed by atoms with E-state index < -0.39 is 6.10 Å². The van der Waals surface area contributed by atoms with Crippen molar-refractivity contribution in [3.05, 3.63) is 85.1 Å². The molecule has 82 heavy (non-hydrogen) atoms. The lowest BCUT2D eigenvalue weighted by Crippen LogP contribution is -2.30. The minimum atomic E-state index is -0.783. The molecule has 0 radical (unpaired) electrons. The van der Waals surface area contributed by atoms with Gasteiger partial charge in [0.1, 0.15) is 13.2 Å². The lowest BCUT2D eigenvalue weighted by Gasteiger charge is -2.18. The van der Waals surface area contributed by atoms with Crippen LogP contribution >= 0.6 is 0 Å². The molecular formula is C76H134O6. The van der Waals surface area contributed by atoms with Crippen molar-refractivity contribution < 1.29 is 28.6 Å². The van der Waals surface area contributed by atoms with E-state index >= 15 is 0 Å². The van der Waals surface area contributed by atoms with E-state index in [1.165, 1.54) is 218 Å². The minimum absolute atomic E-state index is 0.0780. The van der Waals surface area contributed by atoms with Gasteiger partial charge in [-0.3, -0.25) is 14.4 Å². The van der Waals surface area contributed by atoms with Crippen LogP contribution in [0, 0.1) is 0 Å². The Kier molecular flexibility index (Phi) is 67.2. The van der Waals surface area contributed by atoms with Gasteiger partial charge in [-0.25, -0.2) is 0 Å². The van der Waals surface area contributed by atoms with Crippen LogP contribution in [0.15, 0.2) is 85.1 Å². The molecule has 0 aromatic heterocycles. The van der Waals surface area contributed by atoms with E-state index in [0.29, 0.717) is 19.3 Å². The van der Waals surface area contributed by atoms with Crippen molar-refractivity contribution in [1.82, 2.24) is 0 Å². The van der Waals surface area contributed by atoms with Gasteiger partial charge in [0.2, 0.25) is 0 Å². The first kappa shape index (κ1) is 78.6. The number of hydrogen-bond donors (Lipinski definition) is 0. The van der Waals surface area contributed by atoms with Gasteiger partial charge in [0.05, 0.1) is 0 Å². The van der Waals surface area contributed by atoms with E-state index in [-0.39, 0.29) is 31.1 Å². The van der Waals surface area contributed by atoms with Gasteiger partial charge < -0.3 is 14.2 Å². The highest BCUT2D eigenvalue weighted by Gasteiger charge is 2.19. The van der Waals surface area contributed by atoms with Crippen LogP contribution in [0.4, 0.5) is 0 Å². The average Bonchev–Trinajstić information content (AvgIpc) is 3.47. The Morgan fingerprint density at radius 2 is 0.476 bits per heavy atom. The summed E-state index contributed by atoms with van der Waals surface area (Å²) in [5, 5.41) is 0. The quantitative estimate of drug-likeness (QED) is 0.0261. The van der Waals surface area contributed by atoms with Crippen LogP contribution in [0.5, 0.6) is 0 Å². The third-order valence-electron chi connectivity index (χ3n) is 15.6. The van der Waals surface area contributed by atoms with Gasteiger partial charge >= 0.3 is 17.9 Å². The molecule has 0 rings (SSSR count). The second kappa shape index (κ2) is 70.1. The maximum Gasteiger partial charge on any atom is 0.306 e. The zero-order valence-electron chi connectivity index (χ0n) is 54.5. The molecule has 0 aromatic carbocycles. The molecule has 1 atom stereocenters. The SMILES string of the molecule is CC/C=C\C/C=C\C/C=C\C/C=C\CCCCCCCCCCCCCCCCCCCCCCC(=O)OCC(COC(=O)CCCCCCC/C=C\CCCCCCC)OC(=O)CCCCCCCCC/C=C\C/C=C\CCCCC. The Labute approximate surface area is 509 Å². The maximum atomic E-state index is 12.9. The summed E-state index contributed by atoms with van der Waals surface area (Å²) >= 11 is 0. The molecule has 0 heterocycles. The molecule has 0 aliphatic heterocycles. The summed E-state index contributed by atoms with van der Waals surface area (Å²) in [6.07, 6.45) is 93.3. The summed E-state index contributed by atoms with van der Waals surface area (Å²) in [5.41, 5.74) is 0. The van der Waals surface area contributed by atoms with E-state index in [4.69, 9.17) is 14.2 Å². The highest BCUT2D eigenvalue weighted by molar-refractivity contribution is 5.71. The Morgan fingerprint density at radius 3 is 0.780 bits per heavy atom. The molecule has 6 heteroatoms. The Bertz CT molecular complexity index is 1550. The van der Waals surface area contributed by atoms with Crippen LogP contribution in [-0.4, -0.2) is 37.2 Å². The third-order valence-corrected chi connectivity index (χ3v) is 15.6. The summed E-state index contributed by atoms with van der Waals surface area (Å²) in [6, 6.07) is 0. The Balaban J connectivity index is 4.17. The van der Waals surface area contributed by atoms with Gasteiger partial charge in [-0.1, -0.05) is 311 Å². The fourth-order valence-electron chi connectivity index (χ4n) is 10.3. The Hall–Kier alpha value is -3.41. The summed E-state index contributed by atoms with van der Waals surface area (Å²) in [5.74, 6) is -0.875.